The lowest BCUT2D eigenvalue weighted by Crippen LogP contribution is -2.31. The number of hydrogen-bond donors (Lipinski definition) is 0. The molecule has 39 heavy (non-hydrogen) atoms. The van der Waals surface area contributed by atoms with E-state index in [1.54, 1.807) is 0 Å². The Kier molecular flexibility index (Phi) is 10.7. The zero-order valence-corrected chi connectivity index (χ0v) is 23.2. The molecule has 1 saturated heterocycles. The lowest BCUT2D eigenvalue weighted by molar-refractivity contribution is -0.197. The molecule has 3 rings (SSSR count). The van der Waals surface area contributed by atoms with E-state index in [-0.39, 0.29) is 19.3 Å². The van der Waals surface area contributed by atoms with Crippen LogP contribution in [0.3, 0.4) is 0 Å². The number of rotatable bonds is 13. The number of imide groups is 1. The van der Waals surface area contributed by atoms with E-state index in [0.29, 0.717) is 34.8 Å². The van der Waals surface area contributed by atoms with Crippen LogP contribution in [0, 0.1) is 11.3 Å². The molecule has 1 aliphatic carbocycles. The molecular weight excluding hydrogens is 496 g/mol. The SMILES string of the molecule is CCN(CCCCCC(=O)ON1C(=O)CCC1=O)C1=CC/C(=C(/C#N)c2ccc(N(CC)CC)cc2[OH2+])C=C1. The number of amides is 2. The van der Waals surface area contributed by atoms with Crippen LogP contribution in [0.2, 0.25) is 0 Å². The van der Waals surface area contributed by atoms with Crippen LogP contribution < -0.4 is 4.90 Å². The molecule has 1 heterocycles. The Bertz CT molecular complexity index is 1190. The first-order valence-electron chi connectivity index (χ1n) is 13.8. The van der Waals surface area contributed by atoms with E-state index in [2.05, 4.69) is 42.7 Å². The second kappa shape index (κ2) is 14.2. The molecule has 0 bridgehead atoms. The van der Waals surface area contributed by atoms with E-state index >= 15 is 0 Å². The number of nitriles is 1. The number of hydroxylamine groups is 2. The molecule has 208 valence electrons. The number of allylic oxidation sites excluding steroid dienone is 5. The Morgan fingerprint density at radius 2 is 1.72 bits per heavy atom. The van der Waals surface area contributed by atoms with E-state index in [0.717, 1.165) is 56.0 Å². The molecule has 2 N–H and O–H groups in total. The van der Waals surface area contributed by atoms with Gasteiger partial charge in [-0.05, 0) is 63.8 Å². The molecule has 2 amide bonds. The number of benzene rings is 1. The highest BCUT2D eigenvalue weighted by Crippen LogP contribution is 2.34. The summed E-state index contributed by atoms with van der Waals surface area (Å²) in [6.07, 6.45) is 9.37. The van der Waals surface area contributed by atoms with Crippen LogP contribution in [-0.2, 0) is 19.2 Å². The zero-order chi connectivity index (χ0) is 28.4. The maximum absolute atomic E-state index is 12.0. The first-order chi connectivity index (χ1) is 18.8. The van der Waals surface area contributed by atoms with E-state index in [1.807, 2.05) is 30.4 Å². The predicted molar refractivity (Wildman–Crippen MR) is 150 cm³/mol. The highest BCUT2D eigenvalue weighted by Gasteiger charge is 2.32. The van der Waals surface area contributed by atoms with Gasteiger partial charge in [-0.1, -0.05) is 18.6 Å². The van der Waals surface area contributed by atoms with Crippen LogP contribution >= 0.6 is 0 Å². The fraction of sp³-hybridized carbons (Fsp3) is 0.467. The topological polar surface area (TPSA) is 117 Å². The largest absolute Gasteiger partial charge is 0.593 e. The number of unbranched alkanes of at least 4 members (excludes halogenated alkanes) is 2. The summed E-state index contributed by atoms with van der Waals surface area (Å²) in [5.41, 5.74) is 4.16. The fourth-order valence-electron chi connectivity index (χ4n) is 4.82. The van der Waals surface area contributed by atoms with Crippen LogP contribution in [0.5, 0.6) is 5.75 Å². The van der Waals surface area contributed by atoms with Gasteiger partial charge in [0, 0.05) is 56.8 Å². The monoisotopic (exact) mass is 535 g/mol. The molecule has 0 unspecified atom stereocenters. The van der Waals surface area contributed by atoms with Crippen molar-refractivity contribution in [1.82, 2.24) is 9.96 Å². The summed E-state index contributed by atoms with van der Waals surface area (Å²) >= 11 is 0. The quantitative estimate of drug-likeness (QED) is 0.157. The lowest BCUT2D eigenvalue weighted by atomic mass is 9.94. The van der Waals surface area contributed by atoms with Gasteiger partial charge in [0.15, 0.2) is 0 Å². The number of carbonyl (C=O) groups is 3. The number of likely N-dealkylation sites (N-methyl/N-ethyl adjacent to an activating group) is 1. The van der Waals surface area contributed by atoms with Crippen LogP contribution in [-0.4, -0.2) is 59.0 Å². The average Bonchev–Trinajstić information content (AvgIpc) is 3.25. The van der Waals surface area contributed by atoms with E-state index < -0.39 is 17.8 Å². The Balaban J connectivity index is 1.52. The summed E-state index contributed by atoms with van der Waals surface area (Å²) < 4.78 is 0. The maximum Gasteiger partial charge on any atom is 0.333 e. The highest BCUT2D eigenvalue weighted by molar-refractivity contribution is 6.01. The molecule has 0 aromatic heterocycles. The molecule has 0 atom stereocenters. The molecule has 1 aromatic carbocycles. The van der Waals surface area contributed by atoms with E-state index in [1.165, 1.54) is 0 Å². The molecule has 9 nitrogen and oxygen atoms in total. The summed E-state index contributed by atoms with van der Waals surface area (Å²) in [5, 5.41) is 19.1. The van der Waals surface area contributed by atoms with Gasteiger partial charge in [-0.3, -0.25) is 9.59 Å². The highest BCUT2D eigenvalue weighted by atomic mass is 16.7. The van der Waals surface area contributed by atoms with Crippen molar-refractivity contribution in [2.24, 2.45) is 0 Å². The molecule has 9 heteroatoms. The van der Waals surface area contributed by atoms with Crippen LogP contribution in [0.25, 0.3) is 5.57 Å². The summed E-state index contributed by atoms with van der Waals surface area (Å²) in [6.45, 7) is 9.62. The maximum atomic E-state index is 12.0. The van der Waals surface area contributed by atoms with Crippen molar-refractivity contribution in [3.8, 4) is 11.8 Å². The molecule has 1 fully saturated rings. The standard InChI is InChI=1S/C30H38N4O5/c1-4-32(5-2)24-15-16-25(27(35)20-24)26(21-31)22-11-13-23(14-12-22)33(6-3)19-9-7-8-10-30(38)39-34-28(36)17-18-29(34)37/h11,13-16,20,35H,4-10,12,17-19H2,1-3H3/p+1/b26-22-. The molecule has 1 aliphatic heterocycles. The minimum absolute atomic E-state index is 0.0910. The normalized spacial score (nSPS) is 16.2. The van der Waals surface area contributed by atoms with Crippen LogP contribution in [0.15, 0.2) is 47.7 Å². The van der Waals surface area contributed by atoms with Crippen LogP contribution in [0.4, 0.5) is 5.69 Å². The molecule has 0 spiro atoms. The van der Waals surface area contributed by atoms with Crippen LogP contribution in [0.1, 0.15) is 71.3 Å². The van der Waals surface area contributed by atoms with Gasteiger partial charge in [0.1, 0.15) is 6.07 Å². The Morgan fingerprint density at radius 1 is 1.03 bits per heavy atom. The third-order valence-corrected chi connectivity index (χ3v) is 7.08. The third-order valence-electron chi connectivity index (χ3n) is 7.08. The van der Waals surface area contributed by atoms with Gasteiger partial charge in [0.25, 0.3) is 17.6 Å². The zero-order valence-electron chi connectivity index (χ0n) is 23.2. The lowest BCUT2D eigenvalue weighted by Gasteiger charge is -2.26. The summed E-state index contributed by atoms with van der Waals surface area (Å²) in [4.78, 5) is 44.4. The van der Waals surface area contributed by atoms with Gasteiger partial charge in [-0.25, -0.2) is 4.79 Å². The Labute approximate surface area is 230 Å². The van der Waals surface area contributed by atoms with E-state index in [9.17, 15) is 19.6 Å². The summed E-state index contributed by atoms with van der Waals surface area (Å²) in [5.74, 6) is -1.14. The van der Waals surface area contributed by atoms with Crippen molar-refractivity contribution in [3.63, 3.8) is 0 Å². The smallest absolute Gasteiger partial charge is 0.333 e. The number of anilines is 1. The van der Waals surface area contributed by atoms with Crippen molar-refractivity contribution < 1.29 is 24.3 Å². The van der Waals surface area contributed by atoms with Crippen molar-refractivity contribution in [2.75, 3.05) is 31.1 Å². The van der Waals surface area contributed by atoms with E-state index in [4.69, 9.17) is 9.94 Å². The summed E-state index contributed by atoms with van der Waals surface area (Å²) in [7, 11) is 0. The molecule has 0 radical (unpaired) electrons. The Hall–Kier alpha value is -4.06. The van der Waals surface area contributed by atoms with Gasteiger partial charge in [-0.15, -0.1) is 5.06 Å². The number of carbonyl (C=O) groups excluding carboxylic acids is 3. The van der Waals surface area contributed by atoms with Crippen molar-refractivity contribution in [2.45, 2.75) is 65.7 Å². The van der Waals surface area contributed by atoms with Gasteiger partial charge in [0.05, 0.1) is 17.2 Å². The first kappa shape index (κ1) is 29.5. The summed E-state index contributed by atoms with van der Waals surface area (Å²) in [6, 6.07) is 8.01. The van der Waals surface area contributed by atoms with Gasteiger partial charge >= 0.3 is 5.97 Å². The number of nitrogens with zero attached hydrogens (tertiary/aromatic N) is 4. The Morgan fingerprint density at radius 3 is 2.28 bits per heavy atom. The molecule has 1 aromatic rings. The molecule has 2 aliphatic rings. The molecule has 0 saturated carbocycles. The first-order valence-corrected chi connectivity index (χ1v) is 13.8. The number of hydrogen-bond acceptors (Lipinski definition) is 7. The van der Waals surface area contributed by atoms with Gasteiger partial charge < -0.3 is 19.7 Å². The molecular formula is C30H39N4O5+. The third kappa shape index (κ3) is 7.50. The predicted octanol–water partition coefficient (Wildman–Crippen LogP) is 4.58. The minimum Gasteiger partial charge on any atom is -0.593 e. The second-order valence-corrected chi connectivity index (χ2v) is 9.52. The van der Waals surface area contributed by atoms with Crippen molar-refractivity contribution >= 4 is 29.0 Å². The van der Waals surface area contributed by atoms with Crippen molar-refractivity contribution in [3.05, 3.63) is 53.3 Å². The fourth-order valence-corrected chi connectivity index (χ4v) is 4.82. The van der Waals surface area contributed by atoms with Gasteiger partial charge in [-0.2, -0.15) is 5.26 Å². The van der Waals surface area contributed by atoms with Gasteiger partial charge in [0.2, 0.25) is 0 Å². The van der Waals surface area contributed by atoms with Crippen molar-refractivity contribution in [1.29, 1.82) is 5.26 Å². The minimum atomic E-state index is -0.560. The average molecular weight is 536 g/mol. The second-order valence-electron chi connectivity index (χ2n) is 9.52.